The lowest BCUT2D eigenvalue weighted by atomic mass is 10.1. The number of nitrogens with one attached hydrogen (secondary N) is 2. The quantitative estimate of drug-likeness (QED) is 0.808. The van der Waals surface area contributed by atoms with Gasteiger partial charge >= 0.3 is 0 Å². The molecule has 2 rings (SSSR count). The van der Waals surface area contributed by atoms with Crippen LogP contribution in [0, 0.1) is 5.92 Å². The van der Waals surface area contributed by atoms with E-state index in [1.807, 2.05) is 20.8 Å². The second kappa shape index (κ2) is 5.87. The Labute approximate surface area is 121 Å². The Bertz CT molecular complexity index is 547. The Balaban J connectivity index is 2.08. The van der Waals surface area contributed by atoms with Crippen LogP contribution in [0.3, 0.4) is 0 Å². The highest BCUT2D eigenvalue weighted by Crippen LogP contribution is 2.22. The largest absolute Gasteiger partial charge is 0.363 e. The Morgan fingerprint density at radius 2 is 2.05 bits per heavy atom. The van der Waals surface area contributed by atoms with Crippen LogP contribution in [0.15, 0.2) is 17.2 Å². The van der Waals surface area contributed by atoms with Gasteiger partial charge in [-0.05, 0) is 31.7 Å². The van der Waals surface area contributed by atoms with Crippen LogP contribution in [0.4, 0.5) is 0 Å². The zero-order valence-electron chi connectivity index (χ0n) is 12.7. The van der Waals surface area contributed by atoms with Crippen LogP contribution in [0.2, 0.25) is 0 Å². The van der Waals surface area contributed by atoms with Crippen LogP contribution in [-0.4, -0.2) is 36.8 Å². The van der Waals surface area contributed by atoms with E-state index in [-0.39, 0.29) is 12.0 Å². The first-order valence-corrected chi connectivity index (χ1v) is 8.65. The highest BCUT2D eigenvalue weighted by Gasteiger charge is 2.28. The van der Waals surface area contributed by atoms with E-state index in [0.29, 0.717) is 17.5 Å². The number of hydrogen-bond acceptors (Lipinski definition) is 3. The van der Waals surface area contributed by atoms with E-state index in [4.69, 9.17) is 0 Å². The lowest BCUT2D eigenvalue weighted by molar-refractivity contribution is 0.316. The van der Waals surface area contributed by atoms with Gasteiger partial charge in [0.2, 0.25) is 10.0 Å². The van der Waals surface area contributed by atoms with E-state index in [2.05, 4.69) is 10.3 Å². The Morgan fingerprint density at radius 3 is 2.60 bits per heavy atom. The van der Waals surface area contributed by atoms with Gasteiger partial charge in [-0.1, -0.05) is 13.8 Å². The molecule has 0 saturated heterocycles. The van der Waals surface area contributed by atoms with Gasteiger partial charge in [0.25, 0.3) is 0 Å². The van der Waals surface area contributed by atoms with Gasteiger partial charge < -0.3 is 10.3 Å². The maximum Gasteiger partial charge on any atom is 0.244 e. The van der Waals surface area contributed by atoms with E-state index < -0.39 is 10.0 Å². The number of H-pyrrole nitrogens is 1. The average molecular weight is 299 g/mol. The number of hydrogen-bond donors (Lipinski definition) is 2. The van der Waals surface area contributed by atoms with Crippen molar-refractivity contribution < 1.29 is 8.42 Å². The van der Waals surface area contributed by atoms with Gasteiger partial charge in [0.1, 0.15) is 0 Å². The lowest BCUT2D eigenvalue weighted by Gasteiger charge is -2.26. The molecule has 1 saturated carbocycles. The molecule has 5 nitrogen and oxygen atoms in total. The summed E-state index contributed by atoms with van der Waals surface area (Å²) >= 11 is 0. The standard InChI is InChI=1S/C14H25N3O2S/c1-10(2)11(3)17(4)20(18,19)14-7-13(16-9-14)8-15-12-5-6-12/h7,9-12,15-16H,5-6,8H2,1-4H3. The smallest absolute Gasteiger partial charge is 0.244 e. The Hall–Kier alpha value is -0.850. The third kappa shape index (κ3) is 3.42. The van der Waals surface area contributed by atoms with Crippen LogP contribution < -0.4 is 5.32 Å². The van der Waals surface area contributed by atoms with Crippen molar-refractivity contribution >= 4 is 10.0 Å². The monoisotopic (exact) mass is 299 g/mol. The van der Waals surface area contributed by atoms with Crippen molar-refractivity contribution in [2.24, 2.45) is 5.92 Å². The summed E-state index contributed by atoms with van der Waals surface area (Å²) in [5, 5.41) is 3.37. The minimum Gasteiger partial charge on any atom is -0.363 e. The molecule has 1 atom stereocenters. The fraction of sp³-hybridized carbons (Fsp3) is 0.714. The molecule has 1 heterocycles. The van der Waals surface area contributed by atoms with E-state index in [1.54, 1.807) is 19.3 Å². The van der Waals surface area contributed by atoms with Crippen molar-refractivity contribution in [1.29, 1.82) is 0 Å². The number of nitrogens with zero attached hydrogens (tertiary/aromatic N) is 1. The molecule has 114 valence electrons. The van der Waals surface area contributed by atoms with E-state index in [9.17, 15) is 8.42 Å². The molecule has 0 amide bonds. The normalized spacial score (nSPS) is 17.9. The maximum absolute atomic E-state index is 12.5. The highest BCUT2D eigenvalue weighted by atomic mass is 32.2. The molecule has 1 unspecified atom stereocenters. The molecule has 1 aromatic rings. The minimum absolute atomic E-state index is 0.0251. The van der Waals surface area contributed by atoms with Gasteiger partial charge in [-0.15, -0.1) is 0 Å². The van der Waals surface area contributed by atoms with E-state index in [0.717, 1.165) is 5.69 Å². The molecule has 1 fully saturated rings. The topological polar surface area (TPSA) is 65.2 Å². The van der Waals surface area contributed by atoms with Gasteiger partial charge in [-0.2, -0.15) is 4.31 Å². The predicted molar refractivity (Wildman–Crippen MR) is 79.9 cm³/mol. The molecule has 0 aromatic carbocycles. The fourth-order valence-corrected chi connectivity index (χ4v) is 3.53. The van der Waals surface area contributed by atoms with Crippen LogP contribution in [0.1, 0.15) is 39.3 Å². The van der Waals surface area contributed by atoms with Crippen molar-refractivity contribution in [2.45, 2.75) is 57.1 Å². The van der Waals surface area contributed by atoms with Crippen LogP contribution in [0.5, 0.6) is 0 Å². The number of aromatic nitrogens is 1. The molecule has 2 N–H and O–H groups in total. The van der Waals surface area contributed by atoms with Gasteiger partial charge in [0.15, 0.2) is 0 Å². The fourth-order valence-electron chi connectivity index (χ4n) is 2.02. The number of sulfonamides is 1. The van der Waals surface area contributed by atoms with Gasteiger partial charge in [0.05, 0.1) is 4.90 Å². The first-order chi connectivity index (χ1) is 9.32. The maximum atomic E-state index is 12.5. The second-order valence-corrected chi connectivity index (χ2v) is 8.02. The van der Waals surface area contributed by atoms with Gasteiger partial charge in [-0.3, -0.25) is 0 Å². The average Bonchev–Trinajstić information content (AvgIpc) is 3.10. The molecule has 0 radical (unpaired) electrons. The number of aromatic amines is 1. The molecule has 0 spiro atoms. The SMILES string of the molecule is CC(C)C(C)N(C)S(=O)(=O)c1c[nH]c(CNC2CC2)c1. The van der Waals surface area contributed by atoms with Crippen LogP contribution >= 0.6 is 0 Å². The minimum atomic E-state index is -3.41. The highest BCUT2D eigenvalue weighted by molar-refractivity contribution is 7.89. The van der Waals surface area contributed by atoms with Crippen molar-refractivity contribution in [2.75, 3.05) is 7.05 Å². The Kier molecular flexibility index (Phi) is 4.56. The summed E-state index contributed by atoms with van der Waals surface area (Å²) in [6.07, 6.45) is 4.03. The molecule has 6 heteroatoms. The van der Waals surface area contributed by atoms with Crippen molar-refractivity contribution in [3.8, 4) is 0 Å². The second-order valence-electron chi connectivity index (χ2n) is 6.02. The van der Waals surface area contributed by atoms with E-state index >= 15 is 0 Å². The molecule has 1 aliphatic rings. The van der Waals surface area contributed by atoms with Crippen LogP contribution in [0.25, 0.3) is 0 Å². The molecule has 1 aliphatic carbocycles. The third-order valence-electron chi connectivity index (χ3n) is 4.09. The Morgan fingerprint density at radius 1 is 1.40 bits per heavy atom. The van der Waals surface area contributed by atoms with Gasteiger partial charge in [-0.25, -0.2) is 8.42 Å². The predicted octanol–water partition coefficient (Wildman–Crippen LogP) is 1.93. The molecule has 0 aliphatic heterocycles. The molecule has 0 bridgehead atoms. The summed E-state index contributed by atoms with van der Waals surface area (Å²) in [4.78, 5) is 3.40. The first-order valence-electron chi connectivity index (χ1n) is 7.21. The molecule has 1 aromatic heterocycles. The van der Waals surface area contributed by atoms with E-state index in [1.165, 1.54) is 17.1 Å². The molecular formula is C14H25N3O2S. The summed E-state index contributed by atoms with van der Waals surface area (Å²) < 4.78 is 26.5. The van der Waals surface area contributed by atoms with Crippen molar-refractivity contribution in [3.05, 3.63) is 18.0 Å². The molecular weight excluding hydrogens is 274 g/mol. The van der Waals surface area contributed by atoms with Crippen molar-refractivity contribution in [1.82, 2.24) is 14.6 Å². The third-order valence-corrected chi connectivity index (χ3v) is 6.01. The summed E-state index contributed by atoms with van der Waals surface area (Å²) in [5.74, 6) is 0.282. The summed E-state index contributed by atoms with van der Waals surface area (Å²) in [5.41, 5.74) is 0.918. The lowest BCUT2D eigenvalue weighted by Crippen LogP contribution is -2.38. The van der Waals surface area contributed by atoms with Gasteiger partial charge in [0, 0.05) is 37.6 Å². The zero-order chi connectivity index (χ0) is 14.9. The number of rotatable bonds is 7. The summed E-state index contributed by atoms with van der Waals surface area (Å²) in [6, 6.07) is 2.32. The summed E-state index contributed by atoms with van der Waals surface area (Å²) in [7, 11) is -1.76. The zero-order valence-corrected chi connectivity index (χ0v) is 13.5. The molecule has 20 heavy (non-hydrogen) atoms. The first kappa shape index (κ1) is 15.5. The van der Waals surface area contributed by atoms with Crippen LogP contribution in [-0.2, 0) is 16.6 Å². The van der Waals surface area contributed by atoms with Crippen molar-refractivity contribution in [3.63, 3.8) is 0 Å². The summed E-state index contributed by atoms with van der Waals surface area (Å²) in [6.45, 7) is 6.69.